The van der Waals surface area contributed by atoms with E-state index >= 15 is 0 Å². The van der Waals surface area contributed by atoms with Gasteiger partial charge in [-0.25, -0.2) is 9.50 Å². The molecule has 0 aliphatic carbocycles. The molecule has 0 aliphatic heterocycles. The van der Waals surface area contributed by atoms with Gasteiger partial charge in [0.25, 0.3) is 0 Å². The van der Waals surface area contributed by atoms with E-state index in [0.717, 1.165) is 0 Å². The highest BCUT2D eigenvalue weighted by atomic mass is 35.5. The van der Waals surface area contributed by atoms with Crippen LogP contribution in [-0.4, -0.2) is 31.6 Å². The van der Waals surface area contributed by atoms with E-state index in [-0.39, 0.29) is 22.3 Å². The highest BCUT2D eigenvalue weighted by Crippen LogP contribution is 2.38. The van der Waals surface area contributed by atoms with E-state index in [0.29, 0.717) is 11.4 Å². The van der Waals surface area contributed by atoms with Gasteiger partial charge in [-0.2, -0.15) is 5.10 Å². The van der Waals surface area contributed by atoms with Crippen molar-refractivity contribution in [1.29, 1.82) is 0 Å². The molecule has 0 fully saturated rings. The molecule has 0 unspecified atom stereocenters. The molecule has 10 heteroatoms. The fourth-order valence-electron chi connectivity index (χ4n) is 1.87. The first-order valence-electron chi connectivity index (χ1n) is 6.08. The average Bonchev–Trinajstić information content (AvgIpc) is 2.96. The zero-order valence-electron chi connectivity index (χ0n) is 11.2. The first-order chi connectivity index (χ1) is 10.6. The Balaban J connectivity index is 1.99. The molecule has 9 nitrogen and oxygen atoms in total. The van der Waals surface area contributed by atoms with Gasteiger partial charge in [0, 0.05) is 25.5 Å². The molecule has 0 saturated heterocycles. The number of rotatable bonds is 4. The third-order valence-corrected chi connectivity index (χ3v) is 3.22. The van der Waals surface area contributed by atoms with Crippen LogP contribution >= 0.6 is 11.6 Å². The molecular weight excluding hydrogens is 312 g/mol. The van der Waals surface area contributed by atoms with Crippen molar-refractivity contribution in [1.82, 2.24) is 19.6 Å². The SMILES string of the molecule is CNc1c([N+](=O)[O-])ncc(Oc2cnn3ccnc3c2)c1Cl. The standard InChI is InChI=1S/C12H9ClN6O3/c1-14-11-10(13)8(6-16-12(11)19(20)21)22-7-4-9-15-2-3-18(9)17-5-7/h2-6,14H,1H3. The van der Waals surface area contributed by atoms with E-state index in [4.69, 9.17) is 16.3 Å². The number of aromatic nitrogens is 4. The number of nitrogens with one attached hydrogen (secondary N) is 1. The Morgan fingerprint density at radius 2 is 2.23 bits per heavy atom. The smallest absolute Gasteiger partial charge is 0.388 e. The zero-order chi connectivity index (χ0) is 15.7. The molecule has 0 aromatic carbocycles. The number of halogens is 1. The summed E-state index contributed by atoms with van der Waals surface area (Å²) in [7, 11) is 1.51. The Bertz CT molecular complexity index is 865. The Hall–Kier alpha value is -2.94. The molecule has 0 amide bonds. The number of imidazole rings is 1. The van der Waals surface area contributed by atoms with E-state index in [9.17, 15) is 10.1 Å². The maximum Gasteiger partial charge on any atom is 0.388 e. The molecule has 3 rings (SSSR count). The number of hydrogen-bond donors (Lipinski definition) is 1. The van der Waals surface area contributed by atoms with E-state index in [1.165, 1.54) is 19.4 Å². The maximum atomic E-state index is 10.9. The molecule has 0 bridgehead atoms. The van der Waals surface area contributed by atoms with Gasteiger partial charge < -0.3 is 20.2 Å². The summed E-state index contributed by atoms with van der Waals surface area (Å²) in [6, 6.07) is 1.66. The van der Waals surface area contributed by atoms with Crippen LogP contribution < -0.4 is 10.1 Å². The summed E-state index contributed by atoms with van der Waals surface area (Å²) in [6.07, 6.45) is 5.97. The number of nitrogens with zero attached hydrogens (tertiary/aromatic N) is 5. The van der Waals surface area contributed by atoms with Crippen molar-refractivity contribution in [2.75, 3.05) is 12.4 Å². The van der Waals surface area contributed by atoms with Crippen LogP contribution in [0, 0.1) is 10.1 Å². The Kier molecular flexibility index (Phi) is 3.47. The van der Waals surface area contributed by atoms with Crippen LogP contribution in [0.1, 0.15) is 0 Å². The van der Waals surface area contributed by atoms with Gasteiger partial charge in [-0.3, -0.25) is 0 Å². The number of pyridine rings is 1. The summed E-state index contributed by atoms with van der Waals surface area (Å²) < 4.78 is 7.16. The Labute approximate surface area is 128 Å². The van der Waals surface area contributed by atoms with Crippen LogP contribution in [-0.2, 0) is 0 Å². The quantitative estimate of drug-likeness (QED) is 0.581. The monoisotopic (exact) mass is 320 g/mol. The van der Waals surface area contributed by atoms with E-state index in [1.54, 1.807) is 23.0 Å². The van der Waals surface area contributed by atoms with Crippen molar-refractivity contribution in [3.63, 3.8) is 0 Å². The van der Waals surface area contributed by atoms with Crippen molar-refractivity contribution in [3.8, 4) is 11.5 Å². The zero-order valence-corrected chi connectivity index (χ0v) is 12.0. The second-order valence-corrected chi connectivity index (χ2v) is 4.54. The lowest BCUT2D eigenvalue weighted by molar-refractivity contribution is -0.388. The fraction of sp³-hybridized carbons (Fsp3) is 0.0833. The first-order valence-corrected chi connectivity index (χ1v) is 6.46. The topological polar surface area (TPSA) is 107 Å². The van der Waals surface area contributed by atoms with Gasteiger partial charge in [0.2, 0.25) is 0 Å². The number of nitro groups is 1. The fourth-order valence-corrected chi connectivity index (χ4v) is 2.14. The minimum atomic E-state index is -0.625. The number of anilines is 1. The van der Waals surface area contributed by atoms with Crippen LogP contribution in [0.3, 0.4) is 0 Å². The Morgan fingerprint density at radius 1 is 1.41 bits per heavy atom. The third kappa shape index (κ3) is 2.37. The predicted octanol–water partition coefficient (Wildman–Crippen LogP) is 2.52. The van der Waals surface area contributed by atoms with Gasteiger partial charge in [-0.1, -0.05) is 11.6 Å². The van der Waals surface area contributed by atoms with Crippen molar-refractivity contribution < 1.29 is 9.66 Å². The number of hydrogen-bond acceptors (Lipinski definition) is 7. The summed E-state index contributed by atoms with van der Waals surface area (Å²) in [5.74, 6) is 0.189. The average molecular weight is 321 g/mol. The van der Waals surface area contributed by atoms with Gasteiger partial charge in [-0.15, -0.1) is 0 Å². The van der Waals surface area contributed by atoms with Gasteiger partial charge in [0.05, 0.1) is 6.20 Å². The highest BCUT2D eigenvalue weighted by Gasteiger charge is 2.22. The predicted molar refractivity (Wildman–Crippen MR) is 78.5 cm³/mol. The van der Waals surface area contributed by atoms with Gasteiger partial charge in [0.15, 0.2) is 29.0 Å². The minimum Gasteiger partial charge on any atom is -0.450 e. The number of ether oxygens (including phenoxy) is 1. The molecule has 112 valence electrons. The third-order valence-electron chi connectivity index (χ3n) is 2.84. The van der Waals surface area contributed by atoms with Gasteiger partial charge in [-0.05, 0) is 9.91 Å². The van der Waals surface area contributed by atoms with Crippen LogP contribution in [0.15, 0.2) is 30.9 Å². The van der Waals surface area contributed by atoms with E-state index in [2.05, 4.69) is 20.4 Å². The lowest BCUT2D eigenvalue weighted by Crippen LogP contribution is -2.01. The van der Waals surface area contributed by atoms with Crippen molar-refractivity contribution in [3.05, 3.63) is 46.0 Å². The summed E-state index contributed by atoms with van der Waals surface area (Å²) in [6.45, 7) is 0. The minimum absolute atomic E-state index is 0.0624. The molecule has 0 radical (unpaired) electrons. The summed E-state index contributed by atoms with van der Waals surface area (Å²) in [5, 5.41) is 17.7. The van der Waals surface area contributed by atoms with Crippen LogP contribution in [0.2, 0.25) is 5.02 Å². The molecule has 0 saturated carbocycles. The first kappa shape index (κ1) is 14.0. The second-order valence-electron chi connectivity index (χ2n) is 4.17. The van der Waals surface area contributed by atoms with Crippen LogP contribution in [0.25, 0.3) is 5.65 Å². The van der Waals surface area contributed by atoms with E-state index < -0.39 is 4.92 Å². The van der Waals surface area contributed by atoms with Crippen molar-refractivity contribution in [2.24, 2.45) is 0 Å². The molecule has 1 N–H and O–H groups in total. The largest absolute Gasteiger partial charge is 0.450 e. The van der Waals surface area contributed by atoms with Crippen LogP contribution in [0.5, 0.6) is 11.5 Å². The summed E-state index contributed by atoms with van der Waals surface area (Å²) in [4.78, 5) is 18.1. The maximum absolute atomic E-state index is 10.9. The molecule has 3 aromatic rings. The summed E-state index contributed by atoms with van der Waals surface area (Å²) in [5.41, 5.74) is 0.677. The highest BCUT2D eigenvalue weighted by molar-refractivity contribution is 6.35. The second kappa shape index (κ2) is 5.45. The lowest BCUT2D eigenvalue weighted by Gasteiger charge is -2.09. The van der Waals surface area contributed by atoms with Crippen LogP contribution in [0.4, 0.5) is 11.5 Å². The number of fused-ring (bicyclic) bond motifs is 1. The van der Waals surface area contributed by atoms with Crippen molar-refractivity contribution in [2.45, 2.75) is 0 Å². The van der Waals surface area contributed by atoms with Crippen molar-refractivity contribution >= 4 is 28.8 Å². The molecule has 0 atom stereocenters. The van der Waals surface area contributed by atoms with Gasteiger partial charge >= 0.3 is 5.82 Å². The molecule has 0 spiro atoms. The van der Waals surface area contributed by atoms with E-state index in [1.807, 2.05) is 0 Å². The molecule has 3 aromatic heterocycles. The lowest BCUT2D eigenvalue weighted by atomic mass is 10.3. The van der Waals surface area contributed by atoms with Gasteiger partial charge in [0.1, 0.15) is 5.02 Å². The summed E-state index contributed by atoms with van der Waals surface area (Å²) >= 11 is 6.13. The molecular formula is C12H9ClN6O3. The molecule has 3 heterocycles. The normalized spacial score (nSPS) is 10.6. The Morgan fingerprint density at radius 3 is 2.95 bits per heavy atom. The molecule has 0 aliphatic rings. The molecule has 22 heavy (non-hydrogen) atoms.